The number of carbonyl (C=O) groups is 2. The van der Waals surface area contributed by atoms with Gasteiger partial charge < -0.3 is 0 Å². The van der Waals surface area contributed by atoms with Crippen LogP contribution >= 0.6 is 0 Å². The molecule has 6 heteroatoms. The second kappa shape index (κ2) is 5.62. The number of piperidine rings is 1. The summed E-state index contributed by atoms with van der Waals surface area (Å²) in [4.78, 5) is 26.3. The second-order valence-electron chi connectivity index (χ2n) is 4.60. The van der Waals surface area contributed by atoms with Gasteiger partial charge in [0.1, 0.15) is 0 Å². The van der Waals surface area contributed by atoms with E-state index in [0.29, 0.717) is 0 Å². The first-order valence-electron chi connectivity index (χ1n) is 6.33. The monoisotopic (exact) mass is 345 g/mol. The van der Waals surface area contributed by atoms with Crippen LogP contribution in [0.15, 0.2) is 53.2 Å². The Bertz CT molecular complexity index is 734. The number of amides is 2. The standard InChI is InChI=1S/C15H11N3O2Se/c16-9-10-12(11-5-4-8-21-11)13(15(20)17-14(10)19)18-6-2-1-3-7-18/h1-8,12-13H,(H,17,19,20). The van der Waals surface area contributed by atoms with Crippen LogP contribution in [0.1, 0.15) is 16.4 Å². The Morgan fingerprint density at radius 2 is 1.95 bits per heavy atom. The van der Waals surface area contributed by atoms with Crippen molar-refractivity contribution in [3.63, 3.8) is 0 Å². The zero-order valence-electron chi connectivity index (χ0n) is 10.9. The third kappa shape index (κ3) is 2.41. The molecule has 1 aliphatic rings. The number of rotatable bonds is 2. The summed E-state index contributed by atoms with van der Waals surface area (Å²) in [5.74, 6) is 0.543. The Morgan fingerprint density at radius 1 is 1.19 bits per heavy atom. The van der Waals surface area contributed by atoms with Crippen LogP contribution in [0.5, 0.6) is 0 Å². The van der Waals surface area contributed by atoms with E-state index in [4.69, 9.17) is 0 Å². The normalized spacial score (nSPS) is 21.8. The molecule has 0 spiro atoms. The van der Waals surface area contributed by atoms with E-state index < -0.39 is 17.9 Å². The van der Waals surface area contributed by atoms with E-state index in [0.717, 1.165) is 4.44 Å². The van der Waals surface area contributed by atoms with Gasteiger partial charge >= 0.3 is 127 Å². The van der Waals surface area contributed by atoms with Gasteiger partial charge in [0.15, 0.2) is 0 Å². The molecule has 3 heterocycles. The molecule has 2 aromatic heterocycles. The number of hydrogen-bond acceptors (Lipinski definition) is 2. The van der Waals surface area contributed by atoms with Crippen molar-refractivity contribution in [1.82, 2.24) is 5.32 Å². The van der Waals surface area contributed by atoms with Gasteiger partial charge in [-0.05, 0) is 0 Å². The number of hydrogen-bond donors (Lipinski definition) is 1. The van der Waals surface area contributed by atoms with Gasteiger partial charge in [-0.15, -0.1) is 0 Å². The van der Waals surface area contributed by atoms with E-state index in [1.807, 2.05) is 41.1 Å². The molecule has 1 saturated heterocycles. The molecular formula is C15H11N3O2Se. The van der Waals surface area contributed by atoms with Gasteiger partial charge in [-0.1, -0.05) is 0 Å². The van der Waals surface area contributed by atoms with Crippen LogP contribution < -0.4 is 9.88 Å². The third-order valence-corrected chi connectivity index (χ3v) is 5.41. The van der Waals surface area contributed by atoms with Crippen molar-refractivity contribution in [2.24, 2.45) is 0 Å². The molecule has 0 bridgehead atoms. The van der Waals surface area contributed by atoms with Crippen LogP contribution in [0.4, 0.5) is 0 Å². The van der Waals surface area contributed by atoms with Crippen molar-refractivity contribution >= 4 is 32.2 Å². The molecule has 0 aliphatic carbocycles. The van der Waals surface area contributed by atoms with E-state index in [9.17, 15) is 15.0 Å². The third-order valence-electron chi connectivity index (χ3n) is 3.41. The fourth-order valence-corrected chi connectivity index (χ4v) is 4.31. The predicted octanol–water partition coefficient (Wildman–Crippen LogP) is 0.178. The first kappa shape index (κ1) is 13.7. The van der Waals surface area contributed by atoms with Crippen LogP contribution in [0, 0.1) is 0 Å². The van der Waals surface area contributed by atoms with Crippen LogP contribution in [-0.2, 0) is 9.59 Å². The summed E-state index contributed by atoms with van der Waals surface area (Å²) < 4.78 is 2.72. The van der Waals surface area contributed by atoms with Crippen LogP contribution in [-0.4, -0.2) is 32.2 Å². The van der Waals surface area contributed by atoms with Gasteiger partial charge in [-0.3, -0.25) is 0 Å². The molecule has 104 valence electrons. The molecule has 0 radical (unpaired) electrons. The van der Waals surface area contributed by atoms with Crippen molar-refractivity contribution in [2.75, 3.05) is 0 Å². The Kier molecular flexibility index (Phi) is 3.67. The number of nitrogens with zero attached hydrogens (tertiary/aromatic N) is 2. The summed E-state index contributed by atoms with van der Waals surface area (Å²) in [7, 11) is 0. The quantitative estimate of drug-likeness (QED) is 0.278. The first-order valence-corrected chi connectivity index (χ1v) is 8.18. The number of nitrogens with one attached hydrogen (secondary N) is 1. The summed E-state index contributed by atoms with van der Waals surface area (Å²) in [6.07, 6.45) is 3.55. The van der Waals surface area contributed by atoms with E-state index >= 15 is 0 Å². The summed E-state index contributed by atoms with van der Waals surface area (Å²) in [6.45, 7) is 0. The zero-order valence-corrected chi connectivity index (χ0v) is 12.6. The molecule has 1 fully saturated rings. The number of carbonyl (C=O) groups excluding carboxylic acids is 2. The predicted molar refractivity (Wildman–Crippen MR) is 76.8 cm³/mol. The molecule has 21 heavy (non-hydrogen) atoms. The van der Waals surface area contributed by atoms with E-state index in [1.165, 1.54) is 0 Å². The molecule has 2 atom stereocenters. The van der Waals surface area contributed by atoms with Crippen LogP contribution in [0.25, 0.3) is 5.41 Å². The van der Waals surface area contributed by atoms with Crippen LogP contribution in [0.2, 0.25) is 0 Å². The minimum absolute atomic E-state index is 0.0677. The minimum atomic E-state index is -0.605. The molecule has 1 aliphatic heterocycles. The fourth-order valence-electron chi connectivity index (χ4n) is 2.50. The molecule has 0 saturated carbocycles. The van der Waals surface area contributed by atoms with Gasteiger partial charge in [0.25, 0.3) is 0 Å². The van der Waals surface area contributed by atoms with E-state index in [-0.39, 0.29) is 26.0 Å². The molecule has 3 rings (SSSR count). The molecule has 1 N–H and O–H groups in total. The molecular weight excluding hydrogens is 333 g/mol. The topological polar surface area (TPSA) is 72.3 Å². The summed E-state index contributed by atoms with van der Waals surface area (Å²) >= 11 is 0.0677. The van der Waals surface area contributed by atoms with E-state index in [2.05, 4.69) is 5.32 Å². The Hall–Kier alpha value is -2.26. The SMILES string of the molecule is [N-]=C=C1C(=O)NC(=O)C([n+]2ccccc2)C1c1ccc[se]1. The maximum absolute atomic E-state index is 12.3. The number of aromatic nitrogens is 1. The molecule has 2 unspecified atom stereocenters. The molecule has 0 aromatic carbocycles. The van der Waals surface area contributed by atoms with Gasteiger partial charge in [-0.25, -0.2) is 0 Å². The van der Waals surface area contributed by atoms with Crippen LogP contribution in [0.3, 0.4) is 0 Å². The van der Waals surface area contributed by atoms with Crippen molar-refractivity contribution < 1.29 is 14.2 Å². The number of pyridine rings is 1. The summed E-state index contributed by atoms with van der Waals surface area (Å²) in [5, 5.41) is 11.6. The average Bonchev–Trinajstić information content (AvgIpc) is 3.01. The molecule has 2 aromatic rings. The molecule has 2 amide bonds. The maximum atomic E-state index is 12.3. The zero-order chi connectivity index (χ0) is 14.8. The van der Waals surface area contributed by atoms with Gasteiger partial charge in [0, 0.05) is 0 Å². The second-order valence-corrected chi connectivity index (χ2v) is 6.66. The van der Waals surface area contributed by atoms with Gasteiger partial charge in [0.2, 0.25) is 0 Å². The van der Waals surface area contributed by atoms with Gasteiger partial charge in [-0.2, -0.15) is 0 Å². The van der Waals surface area contributed by atoms with Crippen molar-refractivity contribution in [2.45, 2.75) is 12.0 Å². The summed E-state index contributed by atoms with van der Waals surface area (Å²) in [6, 6.07) is 8.70. The Morgan fingerprint density at radius 3 is 2.57 bits per heavy atom. The van der Waals surface area contributed by atoms with Crippen molar-refractivity contribution in [3.8, 4) is 0 Å². The summed E-state index contributed by atoms with van der Waals surface area (Å²) in [5.41, 5.74) is 0.104. The average molecular weight is 344 g/mol. The first-order chi connectivity index (χ1) is 10.2. The Labute approximate surface area is 127 Å². The van der Waals surface area contributed by atoms with Crippen molar-refractivity contribution in [1.29, 1.82) is 0 Å². The fraction of sp³-hybridized carbons (Fsp3) is 0.133. The number of imide groups is 1. The molecule has 5 nitrogen and oxygen atoms in total. The van der Waals surface area contributed by atoms with Crippen molar-refractivity contribution in [3.05, 3.63) is 63.1 Å². The van der Waals surface area contributed by atoms with E-state index in [1.54, 1.807) is 17.0 Å². The Balaban J connectivity index is 2.17. The van der Waals surface area contributed by atoms with Gasteiger partial charge in [0.05, 0.1) is 0 Å².